The Morgan fingerprint density at radius 3 is 2.33 bits per heavy atom. The van der Waals surface area contributed by atoms with Crippen LogP contribution in [0.2, 0.25) is 0 Å². The molecule has 1 saturated heterocycles. The van der Waals surface area contributed by atoms with E-state index >= 15 is 0 Å². The minimum Gasteiger partial charge on any atom is -0.493 e. The Balaban J connectivity index is 1.37. The van der Waals surface area contributed by atoms with Gasteiger partial charge in [-0.15, -0.1) is 13.2 Å². The summed E-state index contributed by atoms with van der Waals surface area (Å²) in [4.78, 5) is 22.4. The molecule has 0 saturated carbocycles. The number of likely N-dealkylation sites (tertiary alicyclic amines) is 1. The average Bonchev–Trinajstić information content (AvgIpc) is 2.94. The Bertz CT molecular complexity index is 1390. The van der Waals surface area contributed by atoms with Crippen LogP contribution in [0.25, 0.3) is 0 Å². The number of nitrogens with one attached hydrogen (secondary N) is 2. The Morgan fingerprint density at radius 1 is 1.02 bits per heavy atom. The molecule has 1 aliphatic heterocycles. The summed E-state index contributed by atoms with van der Waals surface area (Å²) in [6, 6.07) is 9.47. The van der Waals surface area contributed by atoms with E-state index in [1.165, 1.54) is 0 Å². The molecule has 2 aromatic carbocycles. The number of ether oxygens (including phenoxy) is 3. The van der Waals surface area contributed by atoms with Crippen LogP contribution in [-0.4, -0.2) is 60.0 Å². The van der Waals surface area contributed by atoms with Crippen molar-refractivity contribution in [1.82, 2.24) is 14.9 Å². The van der Waals surface area contributed by atoms with E-state index in [9.17, 15) is 31.1 Å². The molecule has 232 valence electrons. The molecule has 9 nitrogen and oxygen atoms in total. The summed E-state index contributed by atoms with van der Waals surface area (Å²) in [5.74, 6) is -0.705. The molecule has 0 unspecified atom stereocenters. The fraction of sp³-hybridized carbons (Fsp3) is 0.393. The number of halogens is 6. The van der Waals surface area contributed by atoms with Crippen molar-refractivity contribution >= 4 is 17.5 Å². The van der Waals surface area contributed by atoms with Gasteiger partial charge in [0, 0.05) is 37.6 Å². The highest BCUT2D eigenvalue weighted by molar-refractivity contribution is 6.05. The van der Waals surface area contributed by atoms with E-state index in [1.54, 1.807) is 7.11 Å². The number of nitrogens with zero attached hydrogens (tertiary/aromatic N) is 3. The molecule has 15 heteroatoms. The van der Waals surface area contributed by atoms with Crippen LogP contribution in [0, 0.1) is 0 Å². The van der Waals surface area contributed by atoms with Crippen LogP contribution in [-0.2, 0) is 12.7 Å². The van der Waals surface area contributed by atoms with Crippen molar-refractivity contribution in [3.63, 3.8) is 0 Å². The minimum atomic E-state index is -4.97. The van der Waals surface area contributed by atoms with Crippen LogP contribution >= 0.6 is 0 Å². The molecule has 2 N–H and O–H groups in total. The lowest BCUT2D eigenvalue weighted by molar-refractivity contribution is -0.274. The predicted octanol–water partition coefficient (Wildman–Crippen LogP) is 6.13. The molecule has 3 aromatic rings. The predicted molar refractivity (Wildman–Crippen MR) is 144 cm³/mol. The second-order valence-electron chi connectivity index (χ2n) is 9.59. The monoisotopic (exact) mass is 613 g/mol. The Morgan fingerprint density at radius 2 is 1.72 bits per heavy atom. The maximum Gasteiger partial charge on any atom is 0.573 e. The molecule has 0 aliphatic carbocycles. The van der Waals surface area contributed by atoms with Crippen LogP contribution in [0.4, 0.5) is 38.0 Å². The summed E-state index contributed by atoms with van der Waals surface area (Å²) in [6.07, 6.45) is -7.88. The normalized spacial score (nSPS) is 14.7. The van der Waals surface area contributed by atoms with Crippen molar-refractivity contribution in [2.75, 3.05) is 37.4 Å². The highest BCUT2D eigenvalue weighted by Gasteiger charge is 2.38. The topological polar surface area (TPSA) is 97.8 Å². The standard InChI is InChI=1S/C28H29F6N5O4/c1-3-42-23-14-17(4-9-22(23)41-2)16-39-12-10-19(11-13-39)37-26-35-15-21(24(38-26)27(29,30)31)25(40)36-18-5-7-20(8-6-18)43-28(32,33)34/h4-9,14-15,19H,3,10-13,16H2,1-2H3,(H,36,40)(H,35,37,38). The summed E-state index contributed by atoms with van der Waals surface area (Å²) >= 11 is 0. The quantitative estimate of drug-likeness (QED) is 0.264. The molecular formula is C28H29F6N5O4. The summed E-state index contributed by atoms with van der Waals surface area (Å²) in [5.41, 5.74) is -1.30. The SMILES string of the molecule is CCOc1cc(CN2CCC(Nc3ncc(C(=O)Nc4ccc(OC(F)(F)F)cc4)c(C(F)(F)F)n3)CC2)ccc1OC. The molecule has 1 aromatic heterocycles. The molecule has 0 bridgehead atoms. The maximum absolute atomic E-state index is 13.9. The van der Waals surface area contributed by atoms with Crippen molar-refractivity contribution in [3.8, 4) is 17.2 Å². The van der Waals surface area contributed by atoms with E-state index in [4.69, 9.17) is 9.47 Å². The summed E-state index contributed by atoms with van der Waals surface area (Å²) in [6.45, 7) is 4.39. The molecule has 1 aliphatic rings. The second-order valence-corrected chi connectivity index (χ2v) is 9.59. The first-order valence-corrected chi connectivity index (χ1v) is 13.2. The largest absolute Gasteiger partial charge is 0.573 e. The van der Waals surface area contributed by atoms with Crippen molar-refractivity contribution in [3.05, 3.63) is 65.5 Å². The van der Waals surface area contributed by atoms with E-state index in [0.29, 0.717) is 50.6 Å². The number of carbonyl (C=O) groups is 1. The number of hydrogen-bond donors (Lipinski definition) is 2. The summed E-state index contributed by atoms with van der Waals surface area (Å²) in [5, 5.41) is 5.14. The fourth-order valence-corrected chi connectivity index (χ4v) is 4.54. The number of amides is 1. The molecule has 1 amide bonds. The number of aromatic nitrogens is 2. The Labute approximate surface area is 243 Å². The van der Waals surface area contributed by atoms with Gasteiger partial charge in [-0.05, 0) is 61.7 Å². The van der Waals surface area contributed by atoms with Crippen LogP contribution in [0.3, 0.4) is 0 Å². The third kappa shape index (κ3) is 8.86. The molecule has 0 radical (unpaired) electrons. The molecule has 1 fully saturated rings. The summed E-state index contributed by atoms with van der Waals surface area (Å²) in [7, 11) is 1.57. The number of alkyl halides is 6. The highest BCUT2D eigenvalue weighted by Crippen LogP contribution is 2.32. The third-order valence-corrected chi connectivity index (χ3v) is 6.50. The smallest absolute Gasteiger partial charge is 0.493 e. The van der Waals surface area contributed by atoms with Gasteiger partial charge >= 0.3 is 12.5 Å². The van der Waals surface area contributed by atoms with E-state index < -0.39 is 35.5 Å². The lowest BCUT2D eigenvalue weighted by Crippen LogP contribution is -2.39. The maximum atomic E-state index is 13.9. The van der Waals surface area contributed by atoms with Crippen LogP contribution in [0.15, 0.2) is 48.7 Å². The van der Waals surface area contributed by atoms with Crippen LogP contribution in [0.5, 0.6) is 17.2 Å². The fourth-order valence-electron chi connectivity index (χ4n) is 4.54. The van der Waals surface area contributed by atoms with Crippen molar-refractivity contribution < 1.29 is 45.3 Å². The summed E-state index contributed by atoms with van der Waals surface area (Å²) < 4.78 is 93.3. The first kappa shape index (κ1) is 31.7. The minimum absolute atomic E-state index is 0.0506. The Kier molecular flexibility index (Phi) is 9.84. The number of benzene rings is 2. The van der Waals surface area contributed by atoms with Crippen LogP contribution < -0.4 is 24.8 Å². The zero-order valence-electron chi connectivity index (χ0n) is 23.2. The van der Waals surface area contributed by atoms with Gasteiger partial charge in [0.1, 0.15) is 5.75 Å². The van der Waals surface area contributed by atoms with Crippen LogP contribution in [0.1, 0.15) is 41.4 Å². The van der Waals surface area contributed by atoms with Gasteiger partial charge in [-0.25, -0.2) is 9.97 Å². The number of anilines is 2. The first-order chi connectivity index (χ1) is 20.3. The van der Waals surface area contributed by atoms with Gasteiger partial charge in [0.15, 0.2) is 17.2 Å². The van der Waals surface area contributed by atoms with Gasteiger partial charge in [0.2, 0.25) is 5.95 Å². The van der Waals surface area contributed by atoms with Crippen molar-refractivity contribution in [2.45, 2.75) is 44.9 Å². The van der Waals surface area contributed by atoms with Gasteiger partial charge in [-0.2, -0.15) is 13.2 Å². The number of hydrogen-bond acceptors (Lipinski definition) is 8. The second kappa shape index (κ2) is 13.4. The molecule has 2 heterocycles. The lowest BCUT2D eigenvalue weighted by atomic mass is 10.0. The number of carbonyl (C=O) groups excluding carboxylic acids is 1. The number of rotatable bonds is 10. The zero-order valence-corrected chi connectivity index (χ0v) is 23.2. The van der Waals surface area contributed by atoms with Crippen molar-refractivity contribution in [2.24, 2.45) is 0 Å². The molecule has 43 heavy (non-hydrogen) atoms. The molecule has 0 atom stereocenters. The Hall–Kier alpha value is -4.27. The number of piperidine rings is 1. The number of methoxy groups -OCH3 is 1. The van der Waals surface area contributed by atoms with E-state index in [1.807, 2.05) is 25.1 Å². The zero-order chi connectivity index (χ0) is 31.2. The van der Waals surface area contributed by atoms with Gasteiger partial charge in [-0.1, -0.05) is 6.07 Å². The van der Waals surface area contributed by atoms with Crippen molar-refractivity contribution in [1.29, 1.82) is 0 Å². The highest BCUT2D eigenvalue weighted by atomic mass is 19.4. The van der Waals surface area contributed by atoms with Gasteiger partial charge in [0.25, 0.3) is 5.91 Å². The van der Waals surface area contributed by atoms with Gasteiger partial charge in [-0.3, -0.25) is 9.69 Å². The third-order valence-electron chi connectivity index (χ3n) is 6.50. The average molecular weight is 614 g/mol. The first-order valence-electron chi connectivity index (χ1n) is 13.2. The van der Waals surface area contributed by atoms with E-state index in [0.717, 1.165) is 36.0 Å². The molecular weight excluding hydrogens is 584 g/mol. The van der Waals surface area contributed by atoms with E-state index in [-0.39, 0.29) is 17.7 Å². The molecule has 0 spiro atoms. The lowest BCUT2D eigenvalue weighted by Gasteiger charge is -2.32. The van der Waals surface area contributed by atoms with E-state index in [2.05, 4.69) is 30.2 Å². The van der Waals surface area contributed by atoms with Gasteiger partial charge < -0.3 is 24.8 Å². The van der Waals surface area contributed by atoms with Gasteiger partial charge in [0.05, 0.1) is 19.3 Å². The molecule has 4 rings (SSSR count).